The van der Waals surface area contributed by atoms with Crippen LogP contribution in [0, 0.1) is 5.92 Å². The van der Waals surface area contributed by atoms with Crippen molar-refractivity contribution in [3.05, 3.63) is 35.1 Å². The zero-order chi connectivity index (χ0) is 21.7. The molecular formula is C22H28ClN3O4. The third-order valence-corrected chi connectivity index (χ3v) is 5.21. The lowest BCUT2D eigenvalue weighted by Crippen LogP contribution is -2.24. The zero-order valence-corrected chi connectivity index (χ0v) is 18.4. The van der Waals surface area contributed by atoms with Crippen molar-refractivity contribution in [1.82, 2.24) is 14.8 Å². The molecule has 2 heterocycles. The molecule has 0 atom stereocenters. The molecule has 0 aliphatic heterocycles. The van der Waals surface area contributed by atoms with Gasteiger partial charge in [-0.1, -0.05) is 37.3 Å². The fourth-order valence-corrected chi connectivity index (χ4v) is 3.64. The quantitative estimate of drug-likeness (QED) is 0.370. The Kier molecular flexibility index (Phi) is 7.13. The van der Waals surface area contributed by atoms with Gasteiger partial charge in [-0.25, -0.2) is 14.5 Å². The third kappa shape index (κ3) is 6.05. The molecule has 7 nitrogen and oxygen atoms in total. The van der Waals surface area contributed by atoms with Crippen LogP contribution in [-0.4, -0.2) is 38.7 Å². The Bertz CT molecular complexity index is 896. The van der Waals surface area contributed by atoms with Gasteiger partial charge >= 0.3 is 5.97 Å². The van der Waals surface area contributed by atoms with Crippen LogP contribution in [0.4, 0.5) is 0 Å². The largest absolute Gasteiger partial charge is 0.469 e. The molecule has 1 fully saturated rings. The topological polar surface area (TPSA) is 83.3 Å². The van der Waals surface area contributed by atoms with Gasteiger partial charge in [0.05, 0.1) is 5.56 Å². The van der Waals surface area contributed by atoms with Crippen LogP contribution in [0.15, 0.2) is 24.4 Å². The second-order valence-electron chi connectivity index (χ2n) is 8.55. The summed E-state index contributed by atoms with van der Waals surface area (Å²) in [7, 11) is 0. The van der Waals surface area contributed by atoms with Crippen LogP contribution in [0.2, 0.25) is 5.15 Å². The van der Waals surface area contributed by atoms with Gasteiger partial charge in [0.25, 0.3) is 0 Å². The number of hydrogen-bond acceptors (Lipinski definition) is 6. The van der Waals surface area contributed by atoms with Gasteiger partial charge in [0.1, 0.15) is 17.4 Å². The molecule has 0 spiro atoms. The number of hydrogen-bond donors (Lipinski definition) is 0. The minimum atomic E-state index is -0.624. The fourth-order valence-electron chi connectivity index (χ4n) is 3.41. The first-order chi connectivity index (χ1) is 14.2. The number of ether oxygens (including phenoxy) is 2. The standard InChI is InChI=1S/C22H28ClN3O4/c1-22(2,3)30-21(28)16-10-11-18(24-20(16)23)26-13-12-19(25-26)29-14-17(27)15-8-6-4-5-7-9-15/h10-13,15H,4-9,14H2,1-3H3. The molecule has 2 aromatic heterocycles. The normalized spacial score (nSPS) is 15.5. The van der Waals surface area contributed by atoms with E-state index in [2.05, 4.69) is 10.1 Å². The molecule has 0 aromatic carbocycles. The van der Waals surface area contributed by atoms with Gasteiger partial charge in [-0.15, -0.1) is 5.10 Å². The summed E-state index contributed by atoms with van der Waals surface area (Å²) in [5.41, 5.74) is -0.436. The van der Waals surface area contributed by atoms with E-state index in [1.165, 1.54) is 17.5 Å². The Morgan fingerprint density at radius 1 is 1.13 bits per heavy atom. The summed E-state index contributed by atoms with van der Waals surface area (Å²) in [6.07, 6.45) is 8.19. The number of esters is 1. The van der Waals surface area contributed by atoms with Gasteiger partial charge in [0, 0.05) is 18.2 Å². The van der Waals surface area contributed by atoms with Crippen molar-refractivity contribution in [2.75, 3.05) is 6.61 Å². The number of halogens is 1. The molecule has 8 heteroatoms. The molecule has 1 aliphatic rings. The van der Waals surface area contributed by atoms with Gasteiger partial charge in [-0.2, -0.15) is 0 Å². The molecule has 1 aliphatic carbocycles. The summed E-state index contributed by atoms with van der Waals surface area (Å²) >= 11 is 6.18. The highest BCUT2D eigenvalue weighted by Crippen LogP contribution is 2.24. The highest BCUT2D eigenvalue weighted by molar-refractivity contribution is 6.32. The molecule has 1 saturated carbocycles. The SMILES string of the molecule is CC(C)(C)OC(=O)c1ccc(-n2ccc(OCC(=O)C3CCCCCC3)n2)nc1Cl. The van der Waals surface area contributed by atoms with Crippen molar-refractivity contribution in [2.45, 2.75) is 64.9 Å². The lowest BCUT2D eigenvalue weighted by atomic mass is 9.96. The number of pyridine rings is 1. The summed E-state index contributed by atoms with van der Waals surface area (Å²) in [5, 5.41) is 4.33. The predicted molar refractivity (Wildman–Crippen MR) is 113 cm³/mol. The van der Waals surface area contributed by atoms with E-state index in [9.17, 15) is 9.59 Å². The second kappa shape index (κ2) is 9.60. The van der Waals surface area contributed by atoms with Crippen molar-refractivity contribution in [3.63, 3.8) is 0 Å². The monoisotopic (exact) mass is 433 g/mol. The van der Waals surface area contributed by atoms with Gasteiger partial charge in [0.15, 0.2) is 11.6 Å². The van der Waals surface area contributed by atoms with E-state index in [-0.39, 0.29) is 29.0 Å². The Labute approximate surface area is 181 Å². The number of Topliss-reactive ketones (excluding diaryl/α,β-unsaturated/α-hetero) is 1. The first kappa shape index (κ1) is 22.3. The maximum Gasteiger partial charge on any atom is 0.341 e. The third-order valence-electron chi connectivity index (χ3n) is 4.92. The number of rotatable bonds is 6. The lowest BCUT2D eigenvalue weighted by Gasteiger charge is -2.19. The minimum Gasteiger partial charge on any atom is -0.469 e. The van der Waals surface area contributed by atoms with Crippen molar-refractivity contribution < 1.29 is 19.1 Å². The predicted octanol–water partition coefficient (Wildman–Crippen LogP) is 4.79. The van der Waals surface area contributed by atoms with Crippen LogP contribution >= 0.6 is 11.6 Å². The molecule has 0 radical (unpaired) electrons. The average Bonchev–Trinajstić information content (AvgIpc) is 2.97. The van der Waals surface area contributed by atoms with Gasteiger partial charge in [-0.05, 0) is 45.7 Å². The molecule has 0 saturated heterocycles. The van der Waals surface area contributed by atoms with Crippen LogP contribution < -0.4 is 4.74 Å². The molecule has 162 valence electrons. The van der Waals surface area contributed by atoms with Gasteiger partial charge < -0.3 is 9.47 Å². The summed E-state index contributed by atoms with van der Waals surface area (Å²) in [6, 6.07) is 4.84. The molecular weight excluding hydrogens is 406 g/mol. The highest BCUT2D eigenvalue weighted by Gasteiger charge is 2.22. The Morgan fingerprint density at radius 3 is 2.47 bits per heavy atom. The Morgan fingerprint density at radius 2 is 1.83 bits per heavy atom. The molecule has 0 unspecified atom stereocenters. The molecule has 0 bridgehead atoms. The van der Waals surface area contributed by atoms with Crippen LogP contribution in [0.1, 0.15) is 69.7 Å². The van der Waals surface area contributed by atoms with Gasteiger partial charge in [-0.3, -0.25) is 4.79 Å². The first-order valence-corrected chi connectivity index (χ1v) is 10.7. The summed E-state index contributed by atoms with van der Waals surface area (Å²) in [4.78, 5) is 28.9. The van der Waals surface area contributed by atoms with Crippen LogP contribution in [0.3, 0.4) is 0 Å². The van der Waals surface area contributed by atoms with E-state index in [0.29, 0.717) is 11.7 Å². The Hall–Kier alpha value is -2.41. The Balaban J connectivity index is 1.62. The summed E-state index contributed by atoms with van der Waals surface area (Å²) < 4.78 is 12.4. The van der Waals surface area contributed by atoms with Crippen molar-refractivity contribution in [3.8, 4) is 11.7 Å². The molecule has 3 rings (SSSR count). The number of carbonyl (C=O) groups is 2. The number of nitrogens with zero attached hydrogens (tertiary/aromatic N) is 3. The van der Waals surface area contributed by atoms with E-state index in [0.717, 1.165) is 25.7 Å². The van der Waals surface area contributed by atoms with E-state index in [4.69, 9.17) is 21.1 Å². The molecule has 0 amide bonds. The van der Waals surface area contributed by atoms with Crippen LogP contribution in [0.5, 0.6) is 5.88 Å². The maximum absolute atomic E-state index is 12.4. The number of ketones is 1. The number of carbonyl (C=O) groups excluding carboxylic acids is 2. The maximum atomic E-state index is 12.4. The van der Waals surface area contributed by atoms with Crippen molar-refractivity contribution >= 4 is 23.4 Å². The van der Waals surface area contributed by atoms with E-state index < -0.39 is 11.6 Å². The number of aromatic nitrogens is 3. The smallest absolute Gasteiger partial charge is 0.341 e. The average molecular weight is 434 g/mol. The van der Waals surface area contributed by atoms with E-state index in [1.54, 1.807) is 45.2 Å². The summed E-state index contributed by atoms with van der Waals surface area (Å²) in [6.45, 7) is 5.37. The van der Waals surface area contributed by atoms with E-state index >= 15 is 0 Å². The summed E-state index contributed by atoms with van der Waals surface area (Å²) in [5.74, 6) is 0.459. The molecule has 0 N–H and O–H groups in total. The fraction of sp³-hybridized carbons (Fsp3) is 0.545. The highest BCUT2D eigenvalue weighted by atomic mass is 35.5. The second-order valence-corrected chi connectivity index (χ2v) is 8.91. The lowest BCUT2D eigenvalue weighted by molar-refractivity contribution is -0.125. The zero-order valence-electron chi connectivity index (χ0n) is 17.7. The van der Waals surface area contributed by atoms with Crippen LogP contribution in [0.25, 0.3) is 5.82 Å². The van der Waals surface area contributed by atoms with E-state index in [1.807, 2.05) is 0 Å². The van der Waals surface area contributed by atoms with Crippen molar-refractivity contribution in [2.24, 2.45) is 5.92 Å². The minimum absolute atomic E-state index is 0.0213. The molecule has 30 heavy (non-hydrogen) atoms. The van der Waals surface area contributed by atoms with Crippen LogP contribution in [-0.2, 0) is 9.53 Å². The first-order valence-electron chi connectivity index (χ1n) is 10.3. The van der Waals surface area contributed by atoms with Gasteiger partial charge in [0.2, 0.25) is 5.88 Å². The molecule has 2 aromatic rings. The van der Waals surface area contributed by atoms with Crippen molar-refractivity contribution in [1.29, 1.82) is 0 Å².